The van der Waals surface area contributed by atoms with Crippen molar-refractivity contribution in [3.8, 4) is 0 Å². The van der Waals surface area contributed by atoms with Crippen LogP contribution in [0.3, 0.4) is 0 Å². The largest absolute Gasteiger partial charge is 0.0992 e. The molecule has 0 heteroatoms. The number of rotatable bonds is 5. The Morgan fingerprint density at radius 1 is 1.14 bits per heavy atom. The zero-order valence-corrected chi connectivity index (χ0v) is 13.2. The molecule has 2 aromatic rings. The molecule has 0 saturated carbocycles. The summed E-state index contributed by atoms with van der Waals surface area (Å²) in [5, 5.41) is 0. The van der Waals surface area contributed by atoms with Crippen LogP contribution in [0.1, 0.15) is 35.1 Å². The first-order chi connectivity index (χ1) is 10.7. The average Bonchev–Trinajstić information content (AvgIpc) is 2.91. The number of hydrogen-bond donors (Lipinski definition) is 0. The summed E-state index contributed by atoms with van der Waals surface area (Å²) in [6.07, 6.45) is 9.74. The van der Waals surface area contributed by atoms with Crippen LogP contribution in [-0.2, 0) is 6.42 Å². The summed E-state index contributed by atoms with van der Waals surface area (Å²) in [5.74, 6) is 0. The van der Waals surface area contributed by atoms with Gasteiger partial charge in [-0.05, 0) is 48.4 Å². The highest BCUT2D eigenvalue weighted by Crippen LogP contribution is 2.32. The van der Waals surface area contributed by atoms with E-state index in [1.165, 1.54) is 33.4 Å². The van der Waals surface area contributed by atoms with Gasteiger partial charge in [0.2, 0.25) is 0 Å². The molecule has 0 radical (unpaired) electrons. The molecule has 1 aliphatic carbocycles. The summed E-state index contributed by atoms with van der Waals surface area (Å²) in [5.41, 5.74) is 8.12. The third-order valence-electron chi connectivity index (χ3n) is 4.13. The maximum Gasteiger partial charge on any atom is -0.00637 e. The van der Waals surface area contributed by atoms with Gasteiger partial charge in [-0.15, -0.1) is 0 Å². The maximum atomic E-state index is 4.25. The Labute approximate surface area is 133 Å². The predicted octanol–water partition coefficient (Wildman–Crippen LogP) is 5.98. The van der Waals surface area contributed by atoms with Gasteiger partial charge in [0.1, 0.15) is 0 Å². The Balaban J connectivity index is 1.58. The molecular formula is C22H22. The number of aryl methyl sites for hydroxylation is 1. The minimum atomic E-state index is 0.938. The first-order valence-electron chi connectivity index (χ1n) is 7.89. The van der Waals surface area contributed by atoms with Crippen LogP contribution in [0.2, 0.25) is 0 Å². The van der Waals surface area contributed by atoms with E-state index in [0.29, 0.717) is 0 Å². The predicted molar refractivity (Wildman–Crippen MR) is 96.7 cm³/mol. The highest BCUT2D eigenvalue weighted by molar-refractivity contribution is 5.74. The van der Waals surface area contributed by atoms with Gasteiger partial charge >= 0.3 is 0 Å². The van der Waals surface area contributed by atoms with Crippen LogP contribution in [0.15, 0.2) is 72.8 Å². The van der Waals surface area contributed by atoms with Gasteiger partial charge in [0.05, 0.1) is 0 Å². The van der Waals surface area contributed by atoms with Crippen LogP contribution in [0.4, 0.5) is 0 Å². The molecule has 0 fully saturated rings. The summed E-state index contributed by atoms with van der Waals surface area (Å²) in [6, 6.07) is 17.3. The Kier molecular flexibility index (Phi) is 4.39. The van der Waals surface area contributed by atoms with Gasteiger partial charge in [-0.2, -0.15) is 0 Å². The fraction of sp³-hybridized carbons (Fsp3) is 0.182. The molecule has 0 nitrogen and oxygen atoms in total. The van der Waals surface area contributed by atoms with E-state index >= 15 is 0 Å². The zero-order chi connectivity index (χ0) is 15.4. The molecule has 0 atom stereocenters. The van der Waals surface area contributed by atoms with Gasteiger partial charge in [-0.3, -0.25) is 0 Å². The van der Waals surface area contributed by atoms with Crippen molar-refractivity contribution in [3.63, 3.8) is 0 Å². The van der Waals surface area contributed by atoms with Crippen molar-refractivity contribution < 1.29 is 0 Å². The molecule has 3 rings (SSSR count). The molecule has 0 heterocycles. The lowest BCUT2D eigenvalue weighted by molar-refractivity contribution is 1.14. The van der Waals surface area contributed by atoms with Crippen LogP contribution in [0.5, 0.6) is 0 Å². The van der Waals surface area contributed by atoms with Gasteiger partial charge in [-0.25, -0.2) is 0 Å². The van der Waals surface area contributed by atoms with Gasteiger partial charge < -0.3 is 0 Å². The lowest BCUT2D eigenvalue weighted by Gasteiger charge is -2.07. The molecular weight excluding hydrogens is 264 g/mol. The first kappa shape index (κ1) is 14.6. The molecule has 110 valence electrons. The molecule has 1 aliphatic rings. The van der Waals surface area contributed by atoms with Crippen LogP contribution < -0.4 is 0 Å². The lowest BCUT2D eigenvalue weighted by Crippen LogP contribution is -1.86. The third-order valence-corrected chi connectivity index (χ3v) is 4.13. The first-order valence-corrected chi connectivity index (χ1v) is 7.89. The minimum Gasteiger partial charge on any atom is -0.0992 e. The molecule has 0 bridgehead atoms. The second-order valence-corrected chi connectivity index (χ2v) is 6.04. The normalized spacial score (nSPS) is 13.2. The molecule has 2 aromatic carbocycles. The molecule has 22 heavy (non-hydrogen) atoms. The second kappa shape index (κ2) is 6.62. The van der Waals surface area contributed by atoms with E-state index in [1.54, 1.807) is 0 Å². The standard InChI is InChI=1S/C22H22/c1-17-7-5-9-19(15-17)10-6-8-18(2)16-21-14-13-20-11-3-4-12-22(20)21/h3-7,9-12,14-15H,2,8,13,16H2,1H3/b10-6+. The molecule has 0 N–H and O–H groups in total. The molecule has 0 saturated heterocycles. The summed E-state index contributed by atoms with van der Waals surface area (Å²) in [6.45, 7) is 6.37. The second-order valence-electron chi connectivity index (χ2n) is 6.04. The van der Waals surface area contributed by atoms with Crippen molar-refractivity contribution in [1.29, 1.82) is 0 Å². The molecule has 0 aliphatic heterocycles. The highest BCUT2D eigenvalue weighted by atomic mass is 14.2. The van der Waals surface area contributed by atoms with E-state index in [0.717, 1.165) is 19.3 Å². The monoisotopic (exact) mass is 286 g/mol. The minimum absolute atomic E-state index is 0.938. The summed E-state index contributed by atoms with van der Waals surface area (Å²) < 4.78 is 0. The van der Waals surface area contributed by atoms with E-state index in [1.807, 2.05) is 0 Å². The smallest absolute Gasteiger partial charge is 0.00637 e. The van der Waals surface area contributed by atoms with Crippen LogP contribution in [-0.4, -0.2) is 0 Å². The van der Waals surface area contributed by atoms with E-state index in [4.69, 9.17) is 0 Å². The Bertz CT molecular complexity index is 744. The topological polar surface area (TPSA) is 0 Å². The Morgan fingerprint density at radius 3 is 2.86 bits per heavy atom. The van der Waals surface area contributed by atoms with Gasteiger partial charge in [0.25, 0.3) is 0 Å². The van der Waals surface area contributed by atoms with Crippen LogP contribution >= 0.6 is 0 Å². The van der Waals surface area contributed by atoms with E-state index in [-0.39, 0.29) is 0 Å². The van der Waals surface area contributed by atoms with Crippen molar-refractivity contribution in [1.82, 2.24) is 0 Å². The fourth-order valence-electron chi connectivity index (χ4n) is 3.00. The van der Waals surface area contributed by atoms with Crippen molar-refractivity contribution in [2.45, 2.75) is 26.2 Å². The summed E-state index contributed by atoms with van der Waals surface area (Å²) in [7, 11) is 0. The summed E-state index contributed by atoms with van der Waals surface area (Å²) in [4.78, 5) is 0. The number of benzene rings is 2. The number of fused-ring (bicyclic) bond motifs is 1. The average molecular weight is 286 g/mol. The Morgan fingerprint density at radius 2 is 2.00 bits per heavy atom. The number of allylic oxidation sites excluding steroid dienone is 4. The fourth-order valence-corrected chi connectivity index (χ4v) is 3.00. The number of hydrogen-bond acceptors (Lipinski definition) is 0. The van der Waals surface area contributed by atoms with E-state index < -0.39 is 0 Å². The zero-order valence-electron chi connectivity index (χ0n) is 13.2. The van der Waals surface area contributed by atoms with Crippen molar-refractivity contribution in [3.05, 3.63) is 95.1 Å². The van der Waals surface area contributed by atoms with Crippen molar-refractivity contribution in [2.24, 2.45) is 0 Å². The highest BCUT2D eigenvalue weighted by Gasteiger charge is 2.13. The third kappa shape index (κ3) is 3.46. The van der Waals surface area contributed by atoms with Gasteiger partial charge in [0.15, 0.2) is 0 Å². The van der Waals surface area contributed by atoms with Crippen molar-refractivity contribution in [2.75, 3.05) is 0 Å². The van der Waals surface area contributed by atoms with Gasteiger partial charge in [0, 0.05) is 0 Å². The molecule has 0 amide bonds. The molecule has 0 aromatic heterocycles. The SMILES string of the molecule is C=C(C/C=C/c1cccc(C)c1)CC1=CCc2ccccc21. The summed E-state index contributed by atoms with van der Waals surface area (Å²) >= 11 is 0. The molecule has 0 unspecified atom stereocenters. The molecule has 0 spiro atoms. The van der Waals surface area contributed by atoms with E-state index in [9.17, 15) is 0 Å². The van der Waals surface area contributed by atoms with Crippen LogP contribution in [0, 0.1) is 6.92 Å². The van der Waals surface area contributed by atoms with Crippen LogP contribution in [0.25, 0.3) is 11.6 Å². The lowest BCUT2D eigenvalue weighted by atomic mass is 9.98. The maximum absolute atomic E-state index is 4.25. The Hall–Kier alpha value is -2.34. The van der Waals surface area contributed by atoms with Crippen molar-refractivity contribution >= 4 is 11.6 Å². The van der Waals surface area contributed by atoms with E-state index in [2.05, 4.69) is 80.3 Å². The van der Waals surface area contributed by atoms with Gasteiger partial charge in [-0.1, -0.05) is 84.5 Å². The quantitative estimate of drug-likeness (QED) is 0.593.